The van der Waals surface area contributed by atoms with Gasteiger partial charge in [0.15, 0.2) is 0 Å². The molecular formula is C23H55NO2SSi3. The van der Waals surface area contributed by atoms with E-state index in [9.17, 15) is 0 Å². The van der Waals surface area contributed by atoms with E-state index in [-0.39, 0.29) is 0 Å². The van der Waals surface area contributed by atoms with E-state index >= 15 is 0 Å². The van der Waals surface area contributed by atoms with Crippen LogP contribution < -0.4 is 0 Å². The van der Waals surface area contributed by atoms with Gasteiger partial charge in [-0.3, -0.25) is 0 Å². The second-order valence-electron chi connectivity index (χ2n) is 8.79. The van der Waals surface area contributed by atoms with Crippen LogP contribution in [0.15, 0.2) is 0 Å². The van der Waals surface area contributed by atoms with E-state index in [0.29, 0.717) is 0 Å². The van der Waals surface area contributed by atoms with Crippen LogP contribution in [0.5, 0.6) is 0 Å². The fraction of sp³-hybridized carbons (Fsp3) is 1.00. The quantitative estimate of drug-likeness (QED) is 0.127. The summed E-state index contributed by atoms with van der Waals surface area (Å²) in [7, 11) is -4.54. The Kier molecular flexibility index (Phi) is 17.0. The van der Waals surface area contributed by atoms with E-state index in [2.05, 4.69) is 77.9 Å². The summed E-state index contributed by atoms with van der Waals surface area (Å²) >= 11 is 2.15. The lowest BCUT2D eigenvalue weighted by atomic mass is 10.5. The Morgan fingerprint density at radius 3 is 1.40 bits per heavy atom. The maximum absolute atomic E-state index is 5.99. The minimum Gasteiger partial charge on any atom is -0.395 e. The number of nitrogens with zero attached hydrogens (tertiary/aromatic N) is 1. The van der Waals surface area contributed by atoms with Crippen LogP contribution >= 0.6 is 11.8 Å². The van der Waals surface area contributed by atoms with Gasteiger partial charge in [-0.1, -0.05) is 41.5 Å². The molecule has 3 nitrogen and oxygen atoms in total. The molecule has 0 atom stereocenters. The summed E-state index contributed by atoms with van der Waals surface area (Å²) in [5.41, 5.74) is 0. The summed E-state index contributed by atoms with van der Waals surface area (Å²) in [6.45, 7) is 24.2. The van der Waals surface area contributed by atoms with Gasteiger partial charge < -0.3 is 13.1 Å². The first kappa shape index (κ1) is 30.9. The molecule has 30 heavy (non-hydrogen) atoms. The van der Waals surface area contributed by atoms with Crippen LogP contribution in [0.2, 0.25) is 48.9 Å². The molecule has 0 aromatic carbocycles. The van der Waals surface area contributed by atoms with Crippen LogP contribution in [0.25, 0.3) is 0 Å². The molecule has 182 valence electrons. The highest BCUT2D eigenvalue weighted by Gasteiger charge is 2.45. The zero-order chi connectivity index (χ0) is 23.1. The summed E-state index contributed by atoms with van der Waals surface area (Å²) in [4.78, 5) is 0. The number of thioether (sulfide) groups is 1. The third-order valence-corrected chi connectivity index (χ3v) is 25.3. The lowest BCUT2D eigenvalue weighted by Gasteiger charge is -2.52. The molecule has 0 aliphatic carbocycles. The Hall–Kier alpha value is 0.881. The Balaban J connectivity index is 4.78. The van der Waals surface area contributed by atoms with E-state index in [0.717, 1.165) is 19.3 Å². The molecule has 0 heterocycles. The Labute approximate surface area is 197 Å². The minimum absolute atomic E-state index is 0.779. The normalized spacial score (nSPS) is 13.4. The molecule has 0 fully saturated rings. The molecule has 0 aromatic heterocycles. The Morgan fingerprint density at radius 2 is 1.03 bits per heavy atom. The molecule has 0 aliphatic heterocycles. The smallest absolute Gasteiger partial charge is 0.334 e. The predicted molar refractivity (Wildman–Crippen MR) is 147 cm³/mol. The van der Waals surface area contributed by atoms with E-state index in [1.54, 1.807) is 0 Å². The van der Waals surface area contributed by atoms with Crippen LogP contribution in [0.1, 0.15) is 68.2 Å². The Morgan fingerprint density at radius 1 is 0.633 bits per heavy atom. The van der Waals surface area contributed by atoms with Crippen molar-refractivity contribution in [1.82, 2.24) is 4.23 Å². The fourth-order valence-electron chi connectivity index (χ4n) is 5.34. The molecule has 0 spiro atoms. The fourth-order valence-corrected chi connectivity index (χ4v) is 22.3. The van der Waals surface area contributed by atoms with Gasteiger partial charge in [0.1, 0.15) is 16.5 Å². The molecule has 7 heteroatoms. The standard InChI is InChI=1S/C23H55NO2SSi3/c1-10-25-28(9,26-11-2)23-19-22-27-21-18-20-24(29(12-3,13-4)14-5)30(15-6,16-7)17-8/h10-23H2,1-9H3. The maximum atomic E-state index is 5.99. The summed E-state index contributed by atoms with van der Waals surface area (Å²) in [5, 5.41) is 0. The van der Waals surface area contributed by atoms with Gasteiger partial charge in [0.05, 0.1) is 0 Å². The summed E-state index contributed by atoms with van der Waals surface area (Å²) in [5.74, 6) is 2.56. The highest BCUT2D eigenvalue weighted by atomic mass is 32.2. The van der Waals surface area contributed by atoms with Gasteiger partial charge in [0.2, 0.25) is 0 Å². The molecule has 0 saturated carbocycles. The zero-order valence-corrected chi connectivity index (χ0v) is 25.9. The molecular weight excluding hydrogens is 439 g/mol. The highest BCUT2D eigenvalue weighted by Crippen LogP contribution is 2.36. The van der Waals surface area contributed by atoms with Gasteiger partial charge in [-0.2, -0.15) is 11.8 Å². The van der Waals surface area contributed by atoms with E-state index in [4.69, 9.17) is 8.85 Å². The summed E-state index contributed by atoms with van der Waals surface area (Å²) in [6.07, 6.45) is 2.59. The van der Waals surface area contributed by atoms with Crippen molar-refractivity contribution in [1.29, 1.82) is 0 Å². The lowest BCUT2D eigenvalue weighted by molar-refractivity contribution is 0.189. The van der Waals surface area contributed by atoms with Gasteiger partial charge in [0.25, 0.3) is 0 Å². The topological polar surface area (TPSA) is 21.7 Å². The maximum Gasteiger partial charge on any atom is 0.334 e. The third kappa shape index (κ3) is 9.02. The average Bonchev–Trinajstić information content (AvgIpc) is 2.75. The Bertz CT molecular complexity index is 379. The summed E-state index contributed by atoms with van der Waals surface area (Å²) in [6, 6.07) is 9.71. The van der Waals surface area contributed by atoms with Crippen LogP contribution in [0, 0.1) is 0 Å². The van der Waals surface area contributed by atoms with E-state index < -0.39 is 25.0 Å². The lowest BCUT2D eigenvalue weighted by Crippen LogP contribution is -2.66. The molecule has 0 radical (unpaired) electrons. The monoisotopic (exact) mass is 493 g/mol. The van der Waals surface area contributed by atoms with Crippen molar-refractivity contribution >= 4 is 36.8 Å². The van der Waals surface area contributed by atoms with Crippen LogP contribution in [0.3, 0.4) is 0 Å². The second-order valence-corrected chi connectivity index (χ2v) is 24.0. The van der Waals surface area contributed by atoms with Crippen molar-refractivity contribution in [2.45, 2.75) is 117 Å². The molecule has 0 saturated heterocycles. The van der Waals surface area contributed by atoms with Crippen molar-refractivity contribution in [2.24, 2.45) is 0 Å². The van der Waals surface area contributed by atoms with E-state index in [1.807, 2.05) is 0 Å². The first-order valence-electron chi connectivity index (χ1n) is 13.0. The predicted octanol–water partition coefficient (Wildman–Crippen LogP) is 7.96. The van der Waals surface area contributed by atoms with Gasteiger partial charge in [-0.15, -0.1) is 0 Å². The SMILES string of the molecule is CCO[Si](C)(CCCSCCCN([Si](CC)(CC)CC)[Si](CC)(CC)CC)OCC. The van der Waals surface area contributed by atoms with Crippen molar-refractivity contribution in [3.63, 3.8) is 0 Å². The molecule has 0 aromatic rings. The molecule has 0 aliphatic rings. The number of rotatable bonds is 20. The largest absolute Gasteiger partial charge is 0.395 e. The summed E-state index contributed by atoms with van der Waals surface area (Å²) < 4.78 is 15.2. The number of hydrogen-bond acceptors (Lipinski definition) is 4. The molecule has 0 rings (SSSR count). The van der Waals surface area contributed by atoms with Gasteiger partial charge in [0, 0.05) is 13.2 Å². The molecule has 0 unspecified atom stereocenters. The third-order valence-electron chi connectivity index (χ3n) is 7.58. The molecule has 0 amide bonds. The first-order chi connectivity index (χ1) is 14.3. The van der Waals surface area contributed by atoms with Crippen molar-refractivity contribution in [3.8, 4) is 0 Å². The molecule has 0 bridgehead atoms. The van der Waals surface area contributed by atoms with Crippen LogP contribution in [-0.4, -0.2) is 60.5 Å². The zero-order valence-electron chi connectivity index (χ0n) is 22.1. The van der Waals surface area contributed by atoms with Gasteiger partial charge in [-0.05, 0) is 93.6 Å². The van der Waals surface area contributed by atoms with E-state index in [1.165, 1.54) is 67.2 Å². The average molecular weight is 494 g/mol. The van der Waals surface area contributed by atoms with Gasteiger partial charge in [-0.25, -0.2) is 0 Å². The highest BCUT2D eigenvalue weighted by molar-refractivity contribution is 7.99. The van der Waals surface area contributed by atoms with Gasteiger partial charge >= 0.3 is 8.56 Å². The first-order valence-corrected chi connectivity index (χ1v) is 21.8. The van der Waals surface area contributed by atoms with Crippen molar-refractivity contribution in [2.75, 3.05) is 31.3 Å². The molecule has 0 N–H and O–H groups in total. The second kappa shape index (κ2) is 16.5. The van der Waals surface area contributed by atoms with Crippen molar-refractivity contribution in [3.05, 3.63) is 0 Å². The van der Waals surface area contributed by atoms with Crippen molar-refractivity contribution < 1.29 is 8.85 Å². The van der Waals surface area contributed by atoms with Crippen LogP contribution in [-0.2, 0) is 8.85 Å². The van der Waals surface area contributed by atoms with Crippen LogP contribution in [0.4, 0.5) is 0 Å². The minimum atomic E-state index is -1.93. The number of hydrogen-bond donors (Lipinski definition) is 0.